The molecule has 0 aliphatic carbocycles. The summed E-state index contributed by atoms with van der Waals surface area (Å²) in [5, 5.41) is 0. The SMILES string of the molecule is Cc1cc(C)cc(CN2C(=O)C(=O)c3cc(C)ccc32)c1. The number of Topliss-reactive ketones (excluding diaryl/α,β-unsaturated/α-hetero) is 1. The van der Waals surface area contributed by atoms with Crippen LogP contribution in [0.5, 0.6) is 0 Å². The number of fused-ring (bicyclic) bond motifs is 1. The lowest BCUT2D eigenvalue weighted by atomic mass is 10.1. The standard InChI is InChI=1S/C18H17NO2/c1-11-4-5-16-15(9-11)17(20)18(21)19(16)10-14-7-12(2)6-13(3)8-14/h4-9H,10H2,1-3H3. The molecule has 0 atom stereocenters. The van der Waals surface area contributed by atoms with Crippen molar-refractivity contribution in [3.05, 3.63) is 64.2 Å². The molecular weight excluding hydrogens is 262 g/mol. The van der Waals surface area contributed by atoms with Gasteiger partial charge in [-0.25, -0.2) is 0 Å². The highest BCUT2D eigenvalue weighted by molar-refractivity contribution is 6.52. The summed E-state index contributed by atoms with van der Waals surface area (Å²) in [6.07, 6.45) is 0. The summed E-state index contributed by atoms with van der Waals surface area (Å²) >= 11 is 0. The number of aryl methyl sites for hydroxylation is 3. The zero-order chi connectivity index (χ0) is 15.1. The predicted octanol–water partition coefficient (Wildman–Crippen LogP) is 3.34. The zero-order valence-electron chi connectivity index (χ0n) is 12.4. The molecule has 3 heteroatoms. The van der Waals surface area contributed by atoms with Crippen LogP contribution < -0.4 is 4.90 Å². The van der Waals surface area contributed by atoms with Crippen LogP contribution in [-0.4, -0.2) is 11.7 Å². The molecule has 0 unspecified atom stereocenters. The van der Waals surface area contributed by atoms with Crippen molar-refractivity contribution in [2.45, 2.75) is 27.3 Å². The average Bonchev–Trinajstić information content (AvgIpc) is 2.63. The fraction of sp³-hybridized carbons (Fsp3) is 0.222. The van der Waals surface area contributed by atoms with Crippen molar-refractivity contribution in [3.63, 3.8) is 0 Å². The van der Waals surface area contributed by atoms with Gasteiger partial charge in [0.05, 0.1) is 17.8 Å². The zero-order valence-corrected chi connectivity index (χ0v) is 12.4. The number of ketones is 1. The summed E-state index contributed by atoms with van der Waals surface area (Å²) < 4.78 is 0. The highest BCUT2D eigenvalue weighted by Gasteiger charge is 2.35. The van der Waals surface area contributed by atoms with E-state index in [0.717, 1.165) is 27.9 Å². The largest absolute Gasteiger partial charge is 0.300 e. The molecular formula is C18H17NO2. The smallest absolute Gasteiger partial charge is 0.299 e. The van der Waals surface area contributed by atoms with Gasteiger partial charge in [-0.15, -0.1) is 0 Å². The van der Waals surface area contributed by atoms with E-state index in [1.54, 1.807) is 11.0 Å². The molecule has 0 aromatic heterocycles. The van der Waals surface area contributed by atoms with Crippen molar-refractivity contribution >= 4 is 17.4 Å². The maximum Gasteiger partial charge on any atom is 0.299 e. The molecule has 0 saturated carbocycles. The summed E-state index contributed by atoms with van der Waals surface area (Å²) in [4.78, 5) is 25.9. The van der Waals surface area contributed by atoms with E-state index in [4.69, 9.17) is 0 Å². The first-order valence-electron chi connectivity index (χ1n) is 7.00. The van der Waals surface area contributed by atoms with Gasteiger partial charge in [0, 0.05) is 0 Å². The van der Waals surface area contributed by atoms with Crippen molar-refractivity contribution in [1.82, 2.24) is 0 Å². The second-order valence-corrected chi connectivity index (χ2v) is 5.74. The lowest BCUT2D eigenvalue weighted by Crippen LogP contribution is -2.29. The second kappa shape index (κ2) is 4.85. The Morgan fingerprint density at radius 3 is 2.19 bits per heavy atom. The van der Waals surface area contributed by atoms with Gasteiger partial charge in [-0.2, -0.15) is 0 Å². The number of hydrogen-bond donors (Lipinski definition) is 0. The molecule has 106 valence electrons. The minimum atomic E-state index is -0.435. The van der Waals surface area contributed by atoms with E-state index >= 15 is 0 Å². The molecule has 1 aliphatic heterocycles. The highest BCUT2D eigenvalue weighted by Crippen LogP contribution is 2.31. The molecule has 1 aliphatic rings. The third-order valence-electron chi connectivity index (χ3n) is 3.75. The van der Waals surface area contributed by atoms with Crippen LogP contribution in [0.15, 0.2) is 36.4 Å². The Kier molecular flexibility index (Phi) is 3.13. The summed E-state index contributed by atoms with van der Waals surface area (Å²) in [5.41, 5.74) is 5.59. The Morgan fingerprint density at radius 2 is 1.52 bits per heavy atom. The van der Waals surface area contributed by atoms with Gasteiger partial charge >= 0.3 is 0 Å². The number of hydrogen-bond acceptors (Lipinski definition) is 2. The van der Waals surface area contributed by atoms with Crippen molar-refractivity contribution < 1.29 is 9.59 Å². The van der Waals surface area contributed by atoms with E-state index in [2.05, 4.69) is 18.2 Å². The van der Waals surface area contributed by atoms with Crippen LogP contribution in [0.2, 0.25) is 0 Å². The van der Waals surface area contributed by atoms with Crippen molar-refractivity contribution in [2.24, 2.45) is 0 Å². The number of anilines is 1. The fourth-order valence-corrected chi connectivity index (χ4v) is 2.91. The molecule has 2 aromatic rings. The number of nitrogens with zero attached hydrogens (tertiary/aromatic N) is 1. The molecule has 1 amide bonds. The molecule has 1 heterocycles. The fourth-order valence-electron chi connectivity index (χ4n) is 2.91. The van der Waals surface area contributed by atoms with Gasteiger partial charge in [0.15, 0.2) is 0 Å². The Balaban J connectivity index is 2.00. The number of carbonyl (C=O) groups is 2. The van der Waals surface area contributed by atoms with E-state index in [1.807, 2.05) is 32.9 Å². The Labute approximate surface area is 124 Å². The van der Waals surface area contributed by atoms with Gasteiger partial charge in [0.2, 0.25) is 0 Å². The third kappa shape index (κ3) is 2.35. The summed E-state index contributed by atoms with van der Waals surface area (Å²) in [5.74, 6) is -0.840. The Morgan fingerprint density at radius 1 is 0.857 bits per heavy atom. The number of benzene rings is 2. The minimum absolute atomic E-state index is 0.405. The summed E-state index contributed by atoms with van der Waals surface area (Å²) in [6, 6.07) is 11.8. The molecule has 0 fully saturated rings. The van der Waals surface area contributed by atoms with Crippen LogP contribution in [0.25, 0.3) is 0 Å². The number of amides is 1. The highest BCUT2D eigenvalue weighted by atomic mass is 16.2. The molecule has 2 aromatic carbocycles. The van der Waals surface area contributed by atoms with Crippen LogP contribution in [0.3, 0.4) is 0 Å². The number of rotatable bonds is 2. The van der Waals surface area contributed by atoms with Crippen LogP contribution >= 0.6 is 0 Å². The topological polar surface area (TPSA) is 37.4 Å². The molecule has 0 spiro atoms. The van der Waals surface area contributed by atoms with Crippen molar-refractivity contribution in [1.29, 1.82) is 0 Å². The maximum atomic E-state index is 12.2. The van der Waals surface area contributed by atoms with Gasteiger partial charge in [-0.05, 0) is 38.5 Å². The normalized spacial score (nSPS) is 13.8. The van der Waals surface area contributed by atoms with Crippen molar-refractivity contribution in [3.8, 4) is 0 Å². The first-order valence-corrected chi connectivity index (χ1v) is 7.00. The van der Waals surface area contributed by atoms with E-state index in [0.29, 0.717) is 12.1 Å². The average molecular weight is 279 g/mol. The molecule has 3 rings (SSSR count). The van der Waals surface area contributed by atoms with E-state index < -0.39 is 11.7 Å². The Hall–Kier alpha value is -2.42. The van der Waals surface area contributed by atoms with Gasteiger partial charge in [0.25, 0.3) is 11.7 Å². The third-order valence-corrected chi connectivity index (χ3v) is 3.75. The first kappa shape index (κ1) is 13.6. The quantitative estimate of drug-likeness (QED) is 0.791. The Bertz CT molecular complexity index is 742. The van der Waals surface area contributed by atoms with Gasteiger partial charge in [-0.3, -0.25) is 9.59 Å². The van der Waals surface area contributed by atoms with Gasteiger partial charge in [-0.1, -0.05) is 41.0 Å². The van der Waals surface area contributed by atoms with Crippen LogP contribution in [0, 0.1) is 20.8 Å². The van der Waals surface area contributed by atoms with E-state index in [9.17, 15) is 9.59 Å². The molecule has 3 nitrogen and oxygen atoms in total. The molecule has 0 saturated heterocycles. The second-order valence-electron chi connectivity index (χ2n) is 5.74. The van der Waals surface area contributed by atoms with Crippen LogP contribution in [0.1, 0.15) is 32.6 Å². The van der Waals surface area contributed by atoms with E-state index in [-0.39, 0.29) is 0 Å². The number of carbonyl (C=O) groups excluding carboxylic acids is 2. The maximum absolute atomic E-state index is 12.2. The van der Waals surface area contributed by atoms with Crippen LogP contribution in [-0.2, 0) is 11.3 Å². The summed E-state index contributed by atoms with van der Waals surface area (Å²) in [7, 11) is 0. The summed E-state index contributed by atoms with van der Waals surface area (Å²) in [6.45, 7) is 6.42. The lowest BCUT2D eigenvalue weighted by molar-refractivity contribution is -0.114. The van der Waals surface area contributed by atoms with Crippen molar-refractivity contribution in [2.75, 3.05) is 4.90 Å². The van der Waals surface area contributed by atoms with Gasteiger partial charge in [0.1, 0.15) is 0 Å². The molecule has 21 heavy (non-hydrogen) atoms. The van der Waals surface area contributed by atoms with Crippen LogP contribution in [0.4, 0.5) is 5.69 Å². The molecule has 0 bridgehead atoms. The molecule has 0 radical (unpaired) electrons. The van der Waals surface area contributed by atoms with E-state index in [1.165, 1.54) is 0 Å². The lowest BCUT2D eigenvalue weighted by Gasteiger charge is -2.17. The monoisotopic (exact) mass is 279 g/mol. The minimum Gasteiger partial charge on any atom is -0.300 e. The predicted molar refractivity (Wildman–Crippen MR) is 82.6 cm³/mol. The molecule has 0 N–H and O–H groups in total. The first-order chi connectivity index (χ1) is 9.95. The van der Waals surface area contributed by atoms with Gasteiger partial charge < -0.3 is 4.90 Å².